The Balaban J connectivity index is 0. The Bertz CT molecular complexity index is 72.9. The van der Waals surface area contributed by atoms with Crippen LogP contribution in [0.5, 0.6) is 0 Å². The third-order valence-corrected chi connectivity index (χ3v) is 1.63. The fourth-order valence-electron chi connectivity index (χ4n) is 0.424. The van der Waals surface area contributed by atoms with Gasteiger partial charge < -0.3 is 14.9 Å². The topological polar surface area (TPSA) is 26.7 Å². The Hall–Kier alpha value is -0.120. The Morgan fingerprint density at radius 1 is 1.00 bits per heavy atom. The highest BCUT2D eigenvalue weighted by Gasteiger charge is 1.81. The van der Waals surface area contributed by atoms with Crippen LogP contribution in [0.1, 0.15) is 13.8 Å². The lowest BCUT2D eigenvalue weighted by atomic mass is 10.6. The van der Waals surface area contributed by atoms with Gasteiger partial charge in [-0.2, -0.15) is 0 Å². The van der Waals surface area contributed by atoms with Gasteiger partial charge in [0.2, 0.25) is 0 Å². The van der Waals surface area contributed by atoms with E-state index in [0.717, 1.165) is 19.6 Å². The molecule has 0 amide bonds. The van der Waals surface area contributed by atoms with Gasteiger partial charge in [0, 0.05) is 6.54 Å². The minimum Gasteiger partial charge on any atom is -0.395 e. The first-order valence-electron chi connectivity index (χ1n) is 4.52. The van der Waals surface area contributed by atoms with E-state index in [2.05, 4.69) is 25.8 Å². The summed E-state index contributed by atoms with van der Waals surface area (Å²) in [5, 5.41) is 8.20. The minimum absolute atomic E-state index is 0.257. The maximum Gasteiger partial charge on any atom is 0.0558 e. The molecule has 0 radical (unpaired) electrons. The largest absolute Gasteiger partial charge is 0.395 e. The fraction of sp³-hybridized carbons (Fsp3) is 1.00. The van der Waals surface area contributed by atoms with Gasteiger partial charge in [0.05, 0.1) is 6.61 Å². The molecule has 0 fully saturated rings. The summed E-state index contributed by atoms with van der Waals surface area (Å²) >= 11 is 0. The SMILES string of the molecule is CCN(C)CC.CN(C)CCO. The summed E-state index contributed by atoms with van der Waals surface area (Å²) in [7, 11) is 5.96. The van der Waals surface area contributed by atoms with Crippen molar-refractivity contribution < 1.29 is 5.11 Å². The second-order valence-corrected chi connectivity index (χ2v) is 3.02. The highest BCUT2D eigenvalue weighted by atomic mass is 16.3. The second kappa shape index (κ2) is 10.9. The molecule has 0 aromatic heterocycles. The van der Waals surface area contributed by atoms with Crippen molar-refractivity contribution in [1.29, 1.82) is 0 Å². The summed E-state index contributed by atoms with van der Waals surface area (Å²) in [6.07, 6.45) is 0. The summed E-state index contributed by atoms with van der Waals surface area (Å²) in [5.74, 6) is 0. The zero-order valence-corrected chi connectivity index (χ0v) is 9.17. The van der Waals surface area contributed by atoms with Crippen molar-refractivity contribution in [3.8, 4) is 0 Å². The molecule has 0 atom stereocenters. The third-order valence-electron chi connectivity index (χ3n) is 1.63. The number of hydrogen-bond acceptors (Lipinski definition) is 3. The molecule has 0 aliphatic rings. The predicted molar refractivity (Wildman–Crippen MR) is 54.5 cm³/mol. The Morgan fingerprint density at radius 3 is 1.42 bits per heavy atom. The molecular formula is C9H24N2O. The first-order valence-corrected chi connectivity index (χ1v) is 4.52. The van der Waals surface area contributed by atoms with E-state index in [1.54, 1.807) is 0 Å². The zero-order valence-electron chi connectivity index (χ0n) is 9.17. The van der Waals surface area contributed by atoms with E-state index < -0.39 is 0 Å². The number of aliphatic hydroxyl groups is 1. The van der Waals surface area contributed by atoms with Crippen LogP contribution in [-0.4, -0.2) is 62.3 Å². The van der Waals surface area contributed by atoms with E-state index in [-0.39, 0.29) is 6.61 Å². The Kier molecular flexibility index (Phi) is 13.1. The lowest BCUT2D eigenvalue weighted by Gasteiger charge is -2.07. The molecule has 0 aromatic rings. The van der Waals surface area contributed by atoms with Gasteiger partial charge >= 0.3 is 0 Å². The molecule has 76 valence electrons. The van der Waals surface area contributed by atoms with E-state index in [4.69, 9.17) is 5.11 Å². The number of likely N-dealkylation sites (N-methyl/N-ethyl adjacent to an activating group) is 1. The molecule has 0 heterocycles. The standard InChI is InChI=1S/C5H13N.C4H11NO/c1-4-6(3)5-2;1-5(2)3-4-6/h4-5H2,1-3H3;6H,3-4H2,1-2H3. The van der Waals surface area contributed by atoms with Crippen LogP contribution in [0.3, 0.4) is 0 Å². The summed E-state index contributed by atoms with van der Waals surface area (Å²) in [6.45, 7) is 7.66. The lowest BCUT2D eigenvalue weighted by Crippen LogP contribution is -2.15. The highest BCUT2D eigenvalue weighted by molar-refractivity contribution is 4.36. The number of aliphatic hydroxyl groups excluding tert-OH is 1. The summed E-state index contributed by atoms with van der Waals surface area (Å²) in [5.41, 5.74) is 0. The molecule has 0 rings (SSSR count). The van der Waals surface area contributed by atoms with E-state index in [9.17, 15) is 0 Å². The van der Waals surface area contributed by atoms with E-state index >= 15 is 0 Å². The van der Waals surface area contributed by atoms with Crippen LogP contribution in [0.2, 0.25) is 0 Å². The molecular weight excluding hydrogens is 152 g/mol. The van der Waals surface area contributed by atoms with Crippen molar-refractivity contribution >= 4 is 0 Å². The van der Waals surface area contributed by atoms with Crippen LogP contribution in [0.4, 0.5) is 0 Å². The van der Waals surface area contributed by atoms with Crippen LogP contribution in [-0.2, 0) is 0 Å². The van der Waals surface area contributed by atoms with Crippen LogP contribution in [0.15, 0.2) is 0 Å². The van der Waals surface area contributed by atoms with Gasteiger partial charge in [-0.15, -0.1) is 0 Å². The van der Waals surface area contributed by atoms with E-state index in [0.29, 0.717) is 0 Å². The van der Waals surface area contributed by atoms with Gasteiger partial charge in [-0.25, -0.2) is 0 Å². The molecule has 1 N–H and O–H groups in total. The normalized spacial score (nSPS) is 10.0. The van der Waals surface area contributed by atoms with Gasteiger partial charge in [-0.05, 0) is 34.2 Å². The Morgan fingerprint density at radius 2 is 1.42 bits per heavy atom. The Labute approximate surface area is 77.0 Å². The molecule has 0 aliphatic carbocycles. The zero-order chi connectivity index (χ0) is 9.98. The lowest BCUT2D eigenvalue weighted by molar-refractivity contribution is 0.243. The first-order chi connectivity index (χ1) is 5.58. The summed E-state index contributed by atoms with van der Waals surface area (Å²) in [6, 6.07) is 0. The molecule has 12 heavy (non-hydrogen) atoms. The maximum absolute atomic E-state index is 8.20. The van der Waals surface area contributed by atoms with Gasteiger partial charge in [-0.1, -0.05) is 13.8 Å². The van der Waals surface area contributed by atoms with Gasteiger partial charge in [-0.3, -0.25) is 0 Å². The molecule has 0 aliphatic heterocycles. The molecule has 0 bridgehead atoms. The highest BCUT2D eigenvalue weighted by Crippen LogP contribution is 1.73. The molecule has 0 saturated carbocycles. The number of hydrogen-bond donors (Lipinski definition) is 1. The van der Waals surface area contributed by atoms with Crippen molar-refractivity contribution in [2.24, 2.45) is 0 Å². The number of nitrogens with zero attached hydrogens (tertiary/aromatic N) is 2. The molecule has 0 saturated heterocycles. The van der Waals surface area contributed by atoms with Gasteiger partial charge in [0.25, 0.3) is 0 Å². The smallest absolute Gasteiger partial charge is 0.0558 e. The van der Waals surface area contributed by atoms with Gasteiger partial charge in [0.1, 0.15) is 0 Å². The monoisotopic (exact) mass is 176 g/mol. The number of rotatable bonds is 4. The molecule has 0 aromatic carbocycles. The van der Waals surface area contributed by atoms with Crippen molar-refractivity contribution in [1.82, 2.24) is 9.80 Å². The third kappa shape index (κ3) is 16.5. The van der Waals surface area contributed by atoms with Gasteiger partial charge in [0.15, 0.2) is 0 Å². The van der Waals surface area contributed by atoms with Crippen molar-refractivity contribution in [3.63, 3.8) is 0 Å². The minimum atomic E-state index is 0.257. The second-order valence-electron chi connectivity index (χ2n) is 3.02. The average molecular weight is 176 g/mol. The first kappa shape index (κ1) is 14.4. The van der Waals surface area contributed by atoms with E-state index in [1.165, 1.54) is 0 Å². The summed E-state index contributed by atoms with van der Waals surface area (Å²) < 4.78 is 0. The maximum atomic E-state index is 8.20. The van der Waals surface area contributed by atoms with E-state index in [1.807, 2.05) is 19.0 Å². The van der Waals surface area contributed by atoms with Crippen LogP contribution < -0.4 is 0 Å². The predicted octanol–water partition coefficient (Wildman–Crippen LogP) is 0.498. The van der Waals surface area contributed by atoms with Crippen LogP contribution >= 0.6 is 0 Å². The molecule has 0 spiro atoms. The van der Waals surface area contributed by atoms with Crippen LogP contribution in [0, 0.1) is 0 Å². The molecule has 3 nitrogen and oxygen atoms in total. The fourth-order valence-corrected chi connectivity index (χ4v) is 0.424. The summed E-state index contributed by atoms with van der Waals surface area (Å²) in [4.78, 5) is 4.18. The molecule has 0 unspecified atom stereocenters. The van der Waals surface area contributed by atoms with Crippen molar-refractivity contribution in [3.05, 3.63) is 0 Å². The van der Waals surface area contributed by atoms with Crippen molar-refractivity contribution in [2.75, 3.05) is 47.4 Å². The molecule has 3 heteroatoms. The average Bonchev–Trinajstić information content (AvgIpc) is 2.04. The quantitative estimate of drug-likeness (QED) is 0.675. The van der Waals surface area contributed by atoms with Crippen LogP contribution in [0.25, 0.3) is 0 Å². The van der Waals surface area contributed by atoms with Crippen molar-refractivity contribution in [2.45, 2.75) is 13.8 Å².